The molecule has 98 valence electrons. The molecule has 1 aromatic carbocycles. The van der Waals surface area contributed by atoms with Crippen LogP contribution < -0.4 is 5.32 Å². The fraction of sp³-hybridized carbons (Fsp3) is 0.200. The lowest BCUT2D eigenvalue weighted by atomic mass is 10.1. The highest BCUT2D eigenvalue weighted by Crippen LogP contribution is 2.11. The van der Waals surface area contributed by atoms with Gasteiger partial charge < -0.3 is 5.32 Å². The monoisotopic (exact) mass is 274 g/mol. The molecule has 1 N–H and O–H groups in total. The fourth-order valence-electron chi connectivity index (χ4n) is 1.79. The van der Waals surface area contributed by atoms with Crippen molar-refractivity contribution in [2.24, 2.45) is 0 Å². The molecule has 3 nitrogen and oxygen atoms in total. The van der Waals surface area contributed by atoms with Crippen LogP contribution in [-0.4, -0.2) is 17.4 Å². The Hall–Kier alpha value is -1.87. The van der Waals surface area contributed by atoms with Gasteiger partial charge in [-0.25, -0.2) is 0 Å². The van der Waals surface area contributed by atoms with E-state index in [0.29, 0.717) is 12.1 Å². The zero-order valence-corrected chi connectivity index (χ0v) is 11.2. The number of pyridine rings is 1. The first kappa shape index (κ1) is 13.6. The number of halogens is 1. The molecule has 0 aliphatic carbocycles. The van der Waals surface area contributed by atoms with Crippen LogP contribution in [-0.2, 0) is 6.42 Å². The number of carbonyl (C=O) groups is 1. The Kier molecular flexibility index (Phi) is 4.93. The number of carbonyl (C=O) groups excluding carboxylic acids is 1. The van der Waals surface area contributed by atoms with Crippen molar-refractivity contribution in [1.82, 2.24) is 10.3 Å². The lowest BCUT2D eigenvalue weighted by Gasteiger charge is -2.05. The number of nitrogens with one attached hydrogen (secondary N) is 1. The number of benzene rings is 1. The molecule has 0 aliphatic heterocycles. The van der Waals surface area contributed by atoms with Crippen LogP contribution in [0.1, 0.15) is 22.3 Å². The second kappa shape index (κ2) is 6.90. The Morgan fingerprint density at radius 1 is 1.26 bits per heavy atom. The summed E-state index contributed by atoms with van der Waals surface area (Å²) in [5.41, 5.74) is 1.77. The van der Waals surface area contributed by atoms with Crippen LogP contribution in [0, 0.1) is 0 Å². The maximum atomic E-state index is 11.7. The first-order chi connectivity index (χ1) is 9.25. The third kappa shape index (κ3) is 4.38. The first-order valence-corrected chi connectivity index (χ1v) is 6.56. The predicted octanol–water partition coefficient (Wildman–Crippen LogP) is 3.10. The van der Waals surface area contributed by atoms with Gasteiger partial charge in [0.25, 0.3) is 5.91 Å². The quantitative estimate of drug-likeness (QED) is 0.852. The number of aromatic nitrogens is 1. The standard InChI is InChI=1S/C15H15ClN2O/c16-14-7-1-4-12(10-14)5-2-9-18-15(19)13-6-3-8-17-11-13/h1,3-4,6-8,10-11H,2,5,9H2,(H,18,19). The molecule has 2 rings (SSSR count). The van der Waals surface area contributed by atoms with Crippen molar-refractivity contribution in [2.45, 2.75) is 12.8 Å². The van der Waals surface area contributed by atoms with Crippen LogP contribution in [0.2, 0.25) is 5.02 Å². The van der Waals surface area contributed by atoms with Crippen LogP contribution in [0.5, 0.6) is 0 Å². The van der Waals surface area contributed by atoms with Gasteiger partial charge in [0.05, 0.1) is 5.56 Å². The van der Waals surface area contributed by atoms with Crippen molar-refractivity contribution in [3.63, 3.8) is 0 Å². The van der Waals surface area contributed by atoms with Crippen molar-refractivity contribution in [1.29, 1.82) is 0 Å². The summed E-state index contributed by atoms with van der Waals surface area (Å²) < 4.78 is 0. The maximum Gasteiger partial charge on any atom is 0.252 e. The van der Waals surface area contributed by atoms with Gasteiger partial charge in [-0.1, -0.05) is 23.7 Å². The summed E-state index contributed by atoms with van der Waals surface area (Å²) in [5, 5.41) is 3.62. The highest BCUT2D eigenvalue weighted by Gasteiger charge is 2.03. The summed E-state index contributed by atoms with van der Waals surface area (Å²) in [6, 6.07) is 11.3. The topological polar surface area (TPSA) is 42.0 Å². The lowest BCUT2D eigenvalue weighted by Crippen LogP contribution is -2.24. The first-order valence-electron chi connectivity index (χ1n) is 6.18. The molecular weight excluding hydrogens is 260 g/mol. The summed E-state index contributed by atoms with van der Waals surface area (Å²) in [6.45, 7) is 0.639. The maximum absolute atomic E-state index is 11.7. The summed E-state index contributed by atoms with van der Waals surface area (Å²) in [6.07, 6.45) is 4.99. The number of aryl methyl sites for hydroxylation is 1. The summed E-state index contributed by atoms with van der Waals surface area (Å²) in [4.78, 5) is 15.7. The third-order valence-electron chi connectivity index (χ3n) is 2.74. The molecule has 0 spiro atoms. The van der Waals surface area contributed by atoms with E-state index >= 15 is 0 Å². The summed E-state index contributed by atoms with van der Waals surface area (Å²) >= 11 is 5.91. The second-order valence-electron chi connectivity index (χ2n) is 4.23. The highest BCUT2D eigenvalue weighted by molar-refractivity contribution is 6.30. The molecule has 1 aromatic heterocycles. The van der Waals surface area contributed by atoms with Gasteiger partial charge in [0, 0.05) is 24.0 Å². The molecule has 2 aromatic rings. The number of nitrogens with zero attached hydrogens (tertiary/aromatic N) is 1. The largest absolute Gasteiger partial charge is 0.352 e. The summed E-state index contributed by atoms with van der Waals surface area (Å²) in [5.74, 6) is -0.0841. The second-order valence-corrected chi connectivity index (χ2v) is 4.67. The number of rotatable bonds is 5. The Bertz CT molecular complexity index is 543. The number of amides is 1. The SMILES string of the molecule is O=C(NCCCc1cccc(Cl)c1)c1cccnc1. The molecule has 0 unspecified atom stereocenters. The van der Waals surface area contributed by atoms with E-state index in [-0.39, 0.29) is 5.91 Å². The lowest BCUT2D eigenvalue weighted by molar-refractivity contribution is 0.0953. The molecule has 0 aliphatic rings. The third-order valence-corrected chi connectivity index (χ3v) is 2.98. The van der Waals surface area contributed by atoms with Crippen LogP contribution in [0.25, 0.3) is 0 Å². The normalized spacial score (nSPS) is 10.2. The van der Waals surface area contributed by atoms with E-state index in [4.69, 9.17) is 11.6 Å². The average molecular weight is 275 g/mol. The average Bonchev–Trinajstić information content (AvgIpc) is 2.44. The molecular formula is C15H15ClN2O. The smallest absolute Gasteiger partial charge is 0.252 e. The van der Waals surface area contributed by atoms with Gasteiger partial charge in [0.15, 0.2) is 0 Å². The molecule has 1 amide bonds. The molecule has 1 heterocycles. The van der Waals surface area contributed by atoms with Gasteiger partial charge in [0.2, 0.25) is 0 Å². The summed E-state index contributed by atoms with van der Waals surface area (Å²) in [7, 11) is 0. The van der Waals surface area contributed by atoms with E-state index < -0.39 is 0 Å². The van der Waals surface area contributed by atoms with E-state index in [1.165, 1.54) is 5.56 Å². The van der Waals surface area contributed by atoms with Gasteiger partial charge >= 0.3 is 0 Å². The minimum absolute atomic E-state index is 0.0841. The van der Waals surface area contributed by atoms with Crippen molar-refractivity contribution in [3.05, 3.63) is 64.9 Å². The molecule has 0 saturated heterocycles. The number of hydrogen-bond acceptors (Lipinski definition) is 2. The Morgan fingerprint density at radius 2 is 2.16 bits per heavy atom. The van der Waals surface area contributed by atoms with Crippen LogP contribution in [0.15, 0.2) is 48.8 Å². The van der Waals surface area contributed by atoms with E-state index in [9.17, 15) is 4.79 Å². The molecule has 0 atom stereocenters. The van der Waals surface area contributed by atoms with E-state index in [1.54, 1.807) is 24.5 Å². The minimum atomic E-state index is -0.0841. The van der Waals surface area contributed by atoms with Crippen LogP contribution in [0.4, 0.5) is 0 Å². The molecule has 0 bridgehead atoms. The van der Waals surface area contributed by atoms with Crippen LogP contribution in [0.3, 0.4) is 0 Å². The van der Waals surface area contributed by atoms with Gasteiger partial charge in [0.1, 0.15) is 0 Å². The van der Waals surface area contributed by atoms with Gasteiger partial charge in [-0.05, 0) is 42.7 Å². The predicted molar refractivity (Wildman–Crippen MR) is 76.3 cm³/mol. The highest BCUT2D eigenvalue weighted by atomic mass is 35.5. The zero-order chi connectivity index (χ0) is 13.5. The molecule has 4 heteroatoms. The molecule has 19 heavy (non-hydrogen) atoms. The van der Waals surface area contributed by atoms with E-state index in [0.717, 1.165) is 17.9 Å². The molecule has 0 saturated carbocycles. The fourth-order valence-corrected chi connectivity index (χ4v) is 2.00. The Labute approximate surface area is 117 Å². The number of hydrogen-bond donors (Lipinski definition) is 1. The molecule has 0 radical (unpaired) electrons. The van der Waals surface area contributed by atoms with E-state index in [2.05, 4.69) is 10.3 Å². The van der Waals surface area contributed by atoms with Gasteiger partial charge in [-0.15, -0.1) is 0 Å². The minimum Gasteiger partial charge on any atom is -0.352 e. The van der Waals surface area contributed by atoms with Crippen molar-refractivity contribution in [2.75, 3.05) is 6.54 Å². The van der Waals surface area contributed by atoms with Crippen molar-refractivity contribution in [3.8, 4) is 0 Å². The van der Waals surface area contributed by atoms with Crippen molar-refractivity contribution < 1.29 is 4.79 Å². The van der Waals surface area contributed by atoms with Crippen molar-refractivity contribution >= 4 is 17.5 Å². The Morgan fingerprint density at radius 3 is 2.89 bits per heavy atom. The Balaban J connectivity index is 1.74. The van der Waals surface area contributed by atoms with Gasteiger partial charge in [-0.2, -0.15) is 0 Å². The zero-order valence-electron chi connectivity index (χ0n) is 10.5. The van der Waals surface area contributed by atoms with E-state index in [1.807, 2.05) is 24.3 Å². The van der Waals surface area contributed by atoms with Gasteiger partial charge in [-0.3, -0.25) is 9.78 Å². The molecule has 0 fully saturated rings. The van der Waals surface area contributed by atoms with Crippen LogP contribution >= 0.6 is 11.6 Å².